The molecule has 2 rings (SSSR count). The zero-order valence-corrected chi connectivity index (χ0v) is 12.4. The summed E-state index contributed by atoms with van der Waals surface area (Å²) in [5.74, 6) is -0.512. The minimum Gasteiger partial charge on any atom is -0.353 e. The molecular weight excluding hydrogens is 385 g/mol. The lowest BCUT2D eigenvalue weighted by molar-refractivity contribution is -0.137. The fourth-order valence-corrected chi connectivity index (χ4v) is 2.12. The van der Waals surface area contributed by atoms with Gasteiger partial charge in [0.25, 0.3) is 0 Å². The summed E-state index contributed by atoms with van der Waals surface area (Å²) in [4.78, 5) is 3.16. The van der Waals surface area contributed by atoms with Crippen molar-refractivity contribution in [1.82, 2.24) is 10.1 Å². The minimum absolute atomic E-state index is 0.184. The Balaban J connectivity index is 2.52. The molecule has 1 aromatic heterocycles. The number of rotatable bonds is 4. The first-order chi connectivity index (χ1) is 11.8. The molecule has 13 heteroatoms. The lowest BCUT2D eigenvalue weighted by Gasteiger charge is -2.28. The number of benzene rings is 1. The lowest BCUT2D eigenvalue weighted by atomic mass is 10.0. The van der Waals surface area contributed by atoms with Crippen molar-refractivity contribution in [2.75, 3.05) is 18.0 Å². The van der Waals surface area contributed by atoms with E-state index in [-0.39, 0.29) is 11.0 Å². The van der Waals surface area contributed by atoms with Crippen LogP contribution in [-0.4, -0.2) is 35.6 Å². The van der Waals surface area contributed by atoms with E-state index in [1.54, 1.807) is 0 Å². The maximum atomic E-state index is 13.2. The predicted molar refractivity (Wildman–Crippen MR) is 69.1 cm³/mol. The van der Waals surface area contributed by atoms with Crippen LogP contribution in [0.5, 0.6) is 0 Å². The first-order valence-electron chi connectivity index (χ1n) is 6.63. The van der Waals surface area contributed by atoms with Crippen molar-refractivity contribution < 1.29 is 44.0 Å². The molecule has 4 nitrogen and oxygen atoms in total. The summed E-state index contributed by atoms with van der Waals surface area (Å²) in [6.45, 7) is -4.16. The molecular formula is C13H8F9N3O. The highest BCUT2D eigenvalue weighted by atomic mass is 19.4. The highest BCUT2D eigenvalue weighted by Gasteiger charge is 2.40. The van der Waals surface area contributed by atoms with Crippen LogP contribution in [0.2, 0.25) is 0 Å². The second-order valence-corrected chi connectivity index (χ2v) is 5.07. The number of aromatic nitrogens is 2. The third kappa shape index (κ3) is 5.26. The van der Waals surface area contributed by atoms with Crippen molar-refractivity contribution in [3.63, 3.8) is 0 Å². The van der Waals surface area contributed by atoms with Gasteiger partial charge in [-0.25, -0.2) is 0 Å². The van der Waals surface area contributed by atoms with Gasteiger partial charge in [0, 0.05) is 11.3 Å². The Morgan fingerprint density at radius 1 is 0.885 bits per heavy atom. The second-order valence-electron chi connectivity index (χ2n) is 5.07. The zero-order chi connectivity index (χ0) is 19.8. The van der Waals surface area contributed by atoms with Crippen LogP contribution in [0.1, 0.15) is 5.56 Å². The lowest BCUT2D eigenvalue weighted by Crippen LogP contribution is -2.40. The van der Waals surface area contributed by atoms with E-state index >= 15 is 0 Å². The van der Waals surface area contributed by atoms with E-state index < -0.39 is 54.3 Å². The zero-order valence-electron chi connectivity index (χ0n) is 12.4. The molecule has 0 aliphatic heterocycles. The van der Waals surface area contributed by atoms with Gasteiger partial charge in [-0.05, 0) is 18.2 Å². The van der Waals surface area contributed by atoms with Gasteiger partial charge >= 0.3 is 18.5 Å². The molecule has 0 aliphatic rings. The standard InChI is InChI=1S/C13H8F9N3O/c14-11(15,16)4-25(5-12(17,18)19)7-1-2-8(10-23-6-26-24-10)9(3-7)13(20,21)22/h1-3,6H,4-5H2. The molecule has 2 aromatic rings. The van der Waals surface area contributed by atoms with E-state index in [1.165, 1.54) is 0 Å². The molecule has 0 unspecified atom stereocenters. The summed E-state index contributed by atoms with van der Waals surface area (Å²) >= 11 is 0. The van der Waals surface area contributed by atoms with Crippen molar-refractivity contribution in [2.24, 2.45) is 0 Å². The quantitative estimate of drug-likeness (QED) is 0.708. The van der Waals surface area contributed by atoms with Crippen LogP contribution in [0.4, 0.5) is 45.2 Å². The summed E-state index contributed by atoms with van der Waals surface area (Å²) in [6, 6.07) is 1.56. The topological polar surface area (TPSA) is 42.2 Å². The molecule has 26 heavy (non-hydrogen) atoms. The van der Waals surface area contributed by atoms with E-state index in [0.29, 0.717) is 12.1 Å². The number of nitrogens with zero attached hydrogens (tertiary/aromatic N) is 3. The summed E-state index contributed by atoms with van der Waals surface area (Å²) in [5, 5.41) is 3.19. The molecule has 0 atom stereocenters. The summed E-state index contributed by atoms with van der Waals surface area (Å²) in [7, 11) is 0. The van der Waals surface area contributed by atoms with Gasteiger partial charge in [-0.1, -0.05) is 5.16 Å². The van der Waals surface area contributed by atoms with Crippen LogP contribution in [-0.2, 0) is 6.18 Å². The average molecular weight is 393 g/mol. The van der Waals surface area contributed by atoms with E-state index in [2.05, 4.69) is 14.7 Å². The molecule has 0 fully saturated rings. The van der Waals surface area contributed by atoms with Gasteiger partial charge in [-0.2, -0.15) is 44.5 Å². The molecule has 0 amide bonds. The average Bonchev–Trinajstić information content (AvgIpc) is 2.96. The fourth-order valence-electron chi connectivity index (χ4n) is 2.12. The summed E-state index contributed by atoms with van der Waals surface area (Å²) in [5.41, 5.74) is -3.04. The van der Waals surface area contributed by atoms with E-state index in [9.17, 15) is 39.5 Å². The van der Waals surface area contributed by atoms with Gasteiger partial charge in [0.15, 0.2) is 0 Å². The Bertz CT molecular complexity index is 719. The van der Waals surface area contributed by atoms with Gasteiger partial charge in [-0.3, -0.25) is 0 Å². The Morgan fingerprint density at radius 2 is 1.46 bits per heavy atom. The van der Waals surface area contributed by atoms with Crippen LogP contribution in [0, 0.1) is 0 Å². The minimum atomic E-state index is -5.08. The van der Waals surface area contributed by atoms with E-state index in [1.807, 2.05) is 0 Å². The SMILES string of the molecule is FC(F)(F)CN(CC(F)(F)F)c1ccc(-c2ncon2)c(C(F)(F)F)c1. The number of anilines is 1. The molecule has 0 N–H and O–H groups in total. The maximum absolute atomic E-state index is 13.2. The van der Waals surface area contributed by atoms with Crippen molar-refractivity contribution in [3.8, 4) is 11.4 Å². The number of hydrogen-bond acceptors (Lipinski definition) is 4. The van der Waals surface area contributed by atoms with Crippen LogP contribution < -0.4 is 4.90 Å². The van der Waals surface area contributed by atoms with E-state index in [0.717, 1.165) is 6.39 Å². The predicted octanol–water partition coefficient (Wildman–Crippen LogP) is 4.69. The molecule has 0 saturated carbocycles. The molecule has 144 valence electrons. The Hall–Kier alpha value is -2.47. The number of halogens is 9. The molecule has 0 spiro atoms. The maximum Gasteiger partial charge on any atom is 0.417 e. The number of hydrogen-bond donors (Lipinski definition) is 0. The fraction of sp³-hybridized carbons (Fsp3) is 0.385. The molecule has 0 aliphatic carbocycles. The van der Waals surface area contributed by atoms with Gasteiger partial charge in [0.1, 0.15) is 13.1 Å². The van der Waals surface area contributed by atoms with Gasteiger partial charge in [-0.15, -0.1) is 0 Å². The van der Waals surface area contributed by atoms with Gasteiger partial charge < -0.3 is 9.42 Å². The molecule has 0 bridgehead atoms. The van der Waals surface area contributed by atoms with Gasteiger partial charge in [0.05, 0.1) is 5.56 Å². The Kier molecular flexibility index (Phi) is 5.10. The molecule has 1 heterocycles. The first kappa shape index (κ1) is 19.8. The molecule has 1 aromatic carbocycles. The normalized spacial score (nSPS) is 13.1. The Labute approximate surface area is 139 Å². The second kappa shape index (κ2) is 6.68. The van der Waals surface area contributed by atoms with Crippen molar-refractivity contribution in [2.45, 2.75) is 18.5 Å². The smallest absolute Gasteiger partial charge is 0.353 e. The van der Waals surface area contributed by atoms with Crippen LogP contribution in [0.3, 0.4) is 0 Å². The van der Waals surface area contributed by atoms with Crippen molar-refractivity contribution in [3.05, 3.63) is 30.2 Å². The van der Waals surface area contributed by atoms with Crippen LogP contribution in [0.25, 0.3) is 11.4 Å². The highest BCUT2D eigenvalue weighted by molar-refractivity contribution is 5.66. The number of alkyl halides is 9. The van der Waals surface area contributed by atoms with Gasteiger partial charge in [0.2, 0.25) is 12.2 Å². The molecule has 0 saturated heterocycles. The summed E-state index contributed by atoms with van der Waals surface area (Å²) < 4.78 is 119. The monoisotopic (exact) mass is 393 g/mol. The van der Waals surface area contributed by atoms with Crippen LogP contribution in [0.15, 0.2) is 29.1 Å². The first-order valence-corrected chi connectivity index (χ1v) is 6.63. The highest BCUT2D eigenvalue weighted by Crippen LogP contribution is 2.39. The molecule has 0 radical (unpaired) electrons. The summed E-state index contributed by atoms with van der Waals surface area (Å²) in [6.07, 6.45) is -14.5. The third-order valence-electron chi connectivity index (χ3n) is 3.02. The third-order valence-corrected chi connectivity index (χ3v) is 3.02. The van der Waals surface area contributed by atoms with Crippen molar-refractivity contribution >= 4 is 5.69 Å². The van der Waals surface area contributed by atoms with Crippen LogP contribution >= 0.6 is 0 Å². The Morgan fingerprint density at radius 3 is 1.88 bits per heavy atom. The van der Waals surface area contributed by atoms with Crippen molar-refractivity contribution in [1.29, 1.82) is 0 Å². The van der Waals surface area contributed by atoms with E-state index in [4.69, 9.17) is 0 Å². The largest absolute Gasteiger partial charge is 0.417 e.